The summed E-state index contributed by atoms with van der Waals surface area (Å²) in [6.45, 7) is 4.04. The lowest BCUT2D eigenvalue weighted by atomic mass is 9.95. The third-order valence-electron chi connectivity index (χ3n) is 3.67. The van der Waals surface area contributed by atoms with Crippen molar-refractivity contribution in [2.45, 2.75) is 19.4 Å². The van der Waals surface area contributed by atoms with E-state index in [-0.39, 0.29) is 11.9 Å². The van der Waals surface area contributed by atoms with Crippen LogP contribution in [0.3, 0.4) is 0 Å². The molecule has 3 rings (SSSR count). The summed E-state index contributed by atoms with van der Waals surface area (Å²) in [5.74, 6) is 0.374. The fraction of sp³-hybridized carbons (Fsp3) is 0.462. The van der Waals surface area contributed by atoms with E-state index in [2.05, 4.69) is 27.6 Å². The molecule has 1 fully saturated rings. The number of amides is 1. The molecule has 100 valence electrons. The lowest BCUT2D eigenvalue weighted by molar-refractivity contribution is 0.0916. The Hall–Kier alpha value is -1.95. The highest BCUT2D eigenvalue weighted by Gasteiger charge is 2.24. The SMILES string of the molecule is CC1CNCCC1NC(=O)c1cnn2ccncc12. The molecule has 0 radical (unpaired) electrons. The summed E-state index contributed by atoms with van der Waals surface area (Å²) in [5.41, 5.74) is 1.32. The van der Waals surface area contributed by atoms with E-state index < -0.39 is 0 Å². The zero-order valence-corrected chi connectivity index (χ0v) is 10.8. The molecule has 6 nitrogen and oxygen atoms in total. The molecule has 1 aliphatic heterocycles. The molecule has 0 aromatic carbocycles. The van der Waals surface area contributed by atoms with Crippen LogP contribution in [-0.2, 0) is 0 Å². The molecule has 1 amide bonds. The van der Waals surface area contributed by atoms with E-state index in [0.29, 0.717) is 11.5 Å². The maximum absolute atomic E-state index is 12.3. The highest BCUT2D eigenvalue weighted by atomic mass is 16.1. The van der Waals surface area contributed by atoms with Gasteiger partial charge in [-0.15, -0.1) is 0 Å². The van der Waals surface area contributed by atoms with Gasteiger partial charge in [0.25, 0.3) is 5.91 Å². The average Bonchev–Trinajstić information content (AvgIpc) is 2.85. The van der Waals surface area contributed by atoms with Crippen molar-refractivity contribution >= 4 is 11.4 Å². The Morgan fingerprint density at radius 3 is 3.26 bits per heavy atom. The Morgan fingerprint density at radius 1 is 1.53 bits per heavy atom. The second-order valence-corrected chi connectivity index (χ2v) is 5.01. The number of hydrogen-bond donors (Lipinski definition) is 2. The Morgan fingerprint density at radius 2 is 2.42 bits per heavy atom. The lowest BCUT2D eigenvalue weighted by Crippen LogP contribution is -2.48. The Kier molecular flexibility index (Phi) is 3.16. The van der Waals surface area contributed by atoms with Crippen molar-refractivity contribution in [2.24, 2.45) is 5.92 Å². The van der Waals surface area contributed by atoms with Crippen LogP contribution in [0.4, 0.5) is 0 Å². The fourth-order valence-corrected chi connectivity index (χ4v) is 2.48. The number of hydrogen-bond acceptors (Lipinski definition) is 4. The van der Waals surface area contributed by atoms with E-state index in [1.807, 2.05) is 0 Å². The molecule has 0 saturated carbocycles. The second-order valence-electron chi connectivity index (χ2n) is 5.01. The highest BCUT2D eigenvalue weighted by Crippen LogP contribution is 2.13. The summed E-state index contributed by atoms with van der Waals surface area (Å²) in [5, 5.41) is 10.6. The quantitative estimate of drug-likeness (QED) is 0.822. The summed E-state index contributed by atoms with van der Waals surface area (Å²) in [7, 11) is 0. The normalized spacial score (nSPS) is 23.4. The van der Waals surface area contributed by atoms with Gasteiger partial charge < -0.3 is 10.6 Å². The Balaban J connectivity index is 1.80. The molecule has 6 heteroatoms. The molecule has 2 aromatic rings. The van der Waals surface area contributed by atoms with Gasteiger partial charge in [0.15, 0.2) is 0 Å². The molecule has 2 unspecified atom stereocenters. The van der Waals surface area contributed by atoms with Crippen LogP contribution < -0.4 is 10.6 Å². The monoisotopic (exact) mass is 259 g/mol. The molecule has 2 N–H and O–H groups in total. The zero-order valence-electron chi connectivity index (χ0n) is 10.8. The predicted octanol–water partition coefficient (Wildman–Crippen LogP) is 0.457. The van der Waals surface area contributed by atoms with Gasteiger partial charge in [-0.3, -0.25) is 9.78 Å². The minimum Gasteiger partial charge on any atom is -0.349 e. The van der Waals surface area contributed by atoms with Crippen LogP contribution in [0.5, 0.6) is 0 Å². The van der Waals surface area contributed by atoms with Gasteiger partial charge in [0.2, 0.25) is 0 Å². The van der Waals surface area contributed by atoms with Crippen LogP contribution in [0.1, 0.15) is 23.7 Å². The molecule has 2 aromatic heterocycles. The van der Waals surface area contributed by atoms with E-state index in [1.165, 1.54) is 0 Å². The number of rotatable bonds is 2. The third kappa shape index (κ3) is 2.31. The Bertz CT molecular complexity index is 593. The van der Waals surface area contributed by atoms with E-state index in [0.717, 1.165) is 25.0 Å². The maximum Gasteiger partial charge on any atom is 0.255 e. The van der Waals surface area contributed by atoms with Crippen molar-refractivity contribution in [3.05, 3.63) is 30.4 Å². The molecular formula is C13H17N5O. The molecule has 0 spiro atoms. The fourth-order valence-electron chi connectivity index (χ4n) is 2.48. The van der Waals surface area contributed by atoms with E-state index in [4.69, 9.17) is 0 Å². The van der Waals surface area contributed by atoms with E-state index in [1.54, 1.807) is 29.3 Å². The van der Waals surface area contributed by atoms with Crippen molar-refractivity contribution in [1.29, 1.82) is 0 Å². The van der Waals surface area contributed by atoms with Crippen LogP contribution in [0.15, 0.2) is 24.8 Å². The molecule has 19 heavy (non-hydrogen) atoms. The minimum atomic E-state index is -0.0678. The van der Waals surface area contributed by atoms with Crippen LogP contribution in [0.25, 0.3) is 5.52 Å². The first-order valence-corrected chi connectivity index (χ1v) is 6.54. The zero-order chi connectivity index (χ0) is 13.2. The molecular weight excluding hydrogens is 242 g/mol. The smallest absolute Gasteiger partial charge is 0.255 e. The number of aromatic nitrogens is 3. The number of nitrogens with zero attached hydrogens (tertiary/aromatic N) is 3. The third-order valence-corrected chi connectivity index (χ3v) is 3.67. The summed E-state index contributed by atoms with van der Waals surface area (Å²) < 4.78 is 1.66. The molecule has 0 bridgehead atoms. The molecule has 3 heterocycles. The summed E-state index contributed by atoms with van der Waals surface area (Å²) in [6.07, 6.45) is 7.60. The van der Waals surface area contributed by atoms with E-state index >= 15 is 0 Å². The summed E-state index contributed by atoms with van der Waals surface area (Å²) in [4.78, 5) is 16.4. The summed E-state index contributed by atoms with van der Waals surface area (Å²) >= 11 is 0. The Labute approximate surface area is 111 Å². The molecule has 0 aliphatic carbocycles. The number of fused-ring (bicyclic) bond motifs is 1. The number of piperidine rings is 1. The molecule has 1 saturated heterocycles. The van der Waals surface area contributed by atoms with Gasteiger partial charge in [-0.1, -0.05) is 6.92 Å². The van der Waals surface area contributed by atoms with Crippen molar-refractivity contribution in [2.75, 3.05) is 13.1 Å². The first-order chi connectivity index (χ1) is 9.25. The number of nitrogens with one attached hydrogen (secondary N) is 2. The average molecular weight is 259 g/mol. The van der Waals surface area contributed by atoms with Gasteiger partial charge in [0.05, 0.1) is 23.5 Å². The van der Waals surface area contributed by atoms with Gasteiger partial charge in [0, 0.05) is 18.4 Å². The van der Waals surface area contributed by atoms with Crippen molar-refractivity contribution in [3.8, 4) is 0 Å². The topological polar surface area (TPSA) is 71.3 Å². The number of carbonyl (C=O) groups is 1. The van der Waals surface area contributed by atoms with Crippen molar-refractivity contribution < 1.29 is 4.79 Å². The first-order valence-electron chi connectivity index (χ1n) is 6.54. The van der Waals surface area contributed by atoms with Crippen molar-refractivity contribution in [3.63, 3.8) is 0 Å². The van der Waals surface area contributed by atoms with Gasteiger partial charge in [-0.25, -0.2) is 4.52 Å². The first kappa shape index (κ1) is 12.1. The van der Waals surface area contributed by atoms with Gasteiger partial charge in [0.1, 0.15) is 0 Å². The number of carbonyl (C=O) groups excluding carboxylic acids is 1. The van der Waals surface area contributed by atoms with Gasteiger partial charge in [-0.2, -0.15) is 5.10 Å². The van der Waals surface area contributed by atoms with Crippen LogP contribution in [0.2, 0.25) is 0 Å². The van der Waals surface area contributed by atoms with Crippen LogP contribution in [-0.4, -0.2) is 39.6 Å². The highest BCUT2D eigenvalue weighted by molar-refractivity contribution is 6.00. The van der Waals surface area contributed by atoms with Gasteiger partial charge in [-0.05, 0) is 25.4 Å². The van der Waals surface area contributed by atoms with Crippen LogP contribution in [0, 0.1) is 5.92 Å². The largest absolute Gasteiger partial charge is 0.349 e. The van der Waals surface area contributed by atoms with Gasteiger partial charge >= 0.3 is 0 Å². The van der Waals surface area contributed by atoms with Crippen molar-refractivity contribution in [1.82, 2.24) is 25.2 Å². The van der Waals surface area contributed by atoms with E-state index in [9.17, 15) is 4.79 Å². The maximum atomic E-state index is 12.3. The standard InChI is InChI=1S/C13H17N5O/c1-9-6-14-3-2-11(9)17-13(19)10-7-16-18-5-4-15-8-12(10)18/h4-5,7-9,11,14H,2-3,6H2,1H3,(H,17,19). The molecule has 2 atom stereocenters. The second kappa shape index (κ2) is 4.97. The molecule has 1 aliphatic rings. The predicted molar refractivity (Wildman–Crippen MR) is 70.9 cm³/mol. The lowest BCUT2D eigenvalue weighted by Gasteiger charge is -2.30. The van der Waals surface area contributed by atoms with Crippen LogP contribution >= 0.6 is 0 Å². The minimum absolute atomic E-state index is 0.0678. The summed E-state index contributed by atoms with van der Waals surface area (Å²) in [6, 6.07) is 0.223.